The molecule has 5 heteroatoms. The predicted molar refractivity (Wildman–Crippen MR) is 115 cm³/mol. The van der Waals surface area contributed by atoms with Crippen molar-refractivity contribution in [1.82, 2.24) is 9.88 Å². The highest BCUT2D eigenvalue weighted by atomic mass is 16.2. The van der Waals surface area contributed by atoms with Crippen LogP contribution in [0.3, 0.4) is 0 Å². The summed E-state index contributed by atoms with van der Waals surface area (Å²) in [5, 5.41) is 4.26. The minimum atomic E-state index is -0.0225. The lowest BCUT2D eigenvalue weighted by Gasteiger charge is -2.36. The first kappa shape index (κ1) is 18.3. The van der Waals surface area contributed by atoms with Crippen LogP contribution in [0.15, 0.2) is 48.7 Å². The van der Waals surface area contributed by atoms with E-state index in [1.165, 1.54) is 5.56 Å². The maximum Gasteiger partial charge on any atom is 0.321 e. The molecule has 0 aliphatic carbocycles. The van der Waals surface area contributed by atoms with Crippen molar-refractivity contribution in [2.45, 2.75) is 20.8 Å². The summed E-state index contributed by atoms with van der Waals surface area (Å²) in [6.45, 7) is 9.15. The Bertz CT molecular complexity index is 994. The second-order valence-corrected chi connectivity index (χ2v) is 7.53. The largest absolute Gasteiger partial charge is 0.366 e. The summed E-state index contributed by atoms with van der Waals surface area (Å²) in [6.07, 6.45) is 1.84. The Kier molecular flexibility index (Phi) is 4.90. The van der Waals surface area contributed by atoms with Gasteiger partial charge in [-0.15, -0.1) is 0 Å². The van der Waals surface area contributed by atoms with Gasteiger partial charge in [-0.1, -0.05) is 35.9 Å². The molecule has 1 aliphatic rings. The number of fused-ring (bicyclic) bond motifs is 1. The van der Waals surface area contributed by atoms with Gasteiger partial charge in [-0.3, -0.25) is 4.98 Å². The summed E-state index contributed by atoms with van der Waals surface area (Å²) in [7, 11) is 0. The molecule has 28 heavy (non-hydrogen) atoms. The van der Waals surface area contributed by atoms with Gasteiger partial charge in [-0.2, -0.15) is 0 Å². The van der Waals surface area contributed by atoms with Crippen LogP contribution >= 0.6 is 0 Å². The first-order valence-corrected chi connectivity index (χ1v) is 9.75. The monoisotopic (exact) mass is 374 g/mol. The van der Waals surface area contributed by atoms with Gasteiger partial charge in [0.15, 0.2) is 0 Å². The Morgan fingerprint density at radius 3 is 2.36 bits per heavy atom. The van der Waals surface area contributed by atoms with Gasteiger partial charge >= 0.3 is 6.03 Å². The molecule has 1 aliphatic heterocycles. The average Bonchev–Trinajstić information content (AvgIpc) is 2.70. The molecule has 0 spiro atoms. The molecule has 5 nitrogen and oxygen atoms in total. The minimum absolute atomic E-state index is 0.0225. The number of anilines is 2. The number of piperazine rings is 1. The number of aromatic nitrogens is 1. The predicted octanol–water partition coefficient (Wildman–Crippen LogP) is 4.51. The molecule has 0 saturated carbocycles. The number of hydrogen-bond acceptors (Lipinski definition) is 3. The van der Waals surface area contributed by atoms with E-state index >= 15 is 0 Å². The zero-order valence-corrected chi connectivity index (χ0v) is 16.7. The van der Waals surface area contributed by atoms with Gasteiger partial charge in [-0.05, 0) is 44.0 Å². The van der Waals surface area contributed by atoms with Crippen molar-refractivity contribution in [3.8, 4) is 0 Å². The number of carbonyl (C=O) groups excluding carboxylic acids is 1. The number of nitrogens with zero attached hydrogens (tertiary/aromatic N) is 3. The van der Waals surface area contributed by atoms with Crippen molar-refractivity contribution in [3.63, 3.8) is 0 Å². The Hall–Kier alpha value is -3.08. The Morgan fingerprint density at radius 1 is 0.964 bits per heavy atom. The molecule has 2 amide bonds. The molecule has 4 rings (SSSR count). The second kappa shape index (κ2) is 7.50. The number of urea groups is 1. The topological polar surface area (TPSA) is 48.5 Å². The van der Waals surface area contributed by atoms with E-state index in [9.17, 15) is 4.79 Å². The number of amides is 2. The maximum atomic E-state index is 12.8. The van der Waals surface area contributed by atoms with Crippen molar-refractivity contribution in [1.29, 1.82) is 0 Å². The number of benzene rings is 2. The molecule has 0 unspecified atom stereocenters. The zero-order chi connectivity index (χ0) is 19.7. The maximum absolute atomic E-state index is 12.8. The number of aryl methyl sites for hydroxylation is 3. The fourth-order valence-corrected chi connectivity index (χ4v) is 4.06. The third-order valence-corrected chi connectivity index (χ3v) is 5.43. The summed E-state index contributed by atoms with van der Waals surface area (Å²) < 4.78 is 0. The zero-order valence-electron chi connectivity index (χ0n) is 16.7. The van der Waals surface area contributed by atoms with E-state index < -0.39 is 0 Å². The minimum Gasteiger partial charge on any atom is -0.366 e. The average molecular weight is 374 g/mol. The van der Waals surface area contributed by atoms with Gasteiger partial charge in [0.1, 0.15) is 0 Å². The van der Waals surface area contributed by atoms with Crippen LogP contribution in [-0.2, 0) is 0 Å². The smallest absolute Gasteiger partial charge is 0.321 e. The van der Waals surface area contributed by atoms with Crippen molar-refractivity contribution in [3.05, 3.63) is 65.4 Å². The lowest BCUT2D eigenvalue weighted by Crippen LogP contribution is -2.50. The fourth-order valence-electron chi connectivity index (χ4n) is 4.06. The molecule has 0 atom stereocenters. The lowest BCUT2D eigenvalue weighted by atomic mass is 10.1. The number of pyridine rings is 1. The van der Waals surface area contributed by atoms with Crippen LogP contribution in [0.2, 0.25) is 0 Å². The molecule has 1 saturated heterocycles. The number of para-hydroxylation sites is 1. The summed E-state index contributed by atoms with van der Waals surface area (Å²) in [5.41, 5.74) is 6.51. The molecular weight excluding hydrogens is 348 g/mol. The number of hydrogen-bond donors (Lipinski definition) is 1. The van der Waals surface area contributed by atoms with Crippen molar-refractivity contribution in [2.75, 3.05) is 36.4 Å². The normalized spacial score (nSPS) is 14.4. The van der Waals surface area contributed by atoms with Gasteiger partial charge < -0.3 is 15.1 Å². The van der Waals surface area contributed by atoms with Gasteiger partial charge in [0.05, 0.1) is 11.2 Å². The summed E-state index contributed by atoms with van der Waals surface area (Å²) >= 11 is 0. The summed E-state index contributed by atoms with van der Waals surface area (Å²) in [4.78, 5) is 21.6. The van der Waals surface area contributed by atoms with E-state index in [1.54, 1.807) is 0 Å². The molecule has 2 aromatic carbocycles. The highest BCUT2D eigenvalue weighted by Crippen LogP contribution is 2.26. The van der Waals surface area contributed by atoms with Crippen LogP contribution in [0.4, 0.5) is 16.2 Å². The quantitative estimate of drug-likeness (QED) is 0.718. The van der Waals surface area contributed by atoms with Crippen LogP contribution in [0, 0.1) is 20.8 Å². The molecule has 0 radical (unpaired) electrons. The molecule has 3 aromatic rings. The van der Waals surface area contributed by atoms with Crippen LogP contribution in [0.1, 0.15) is 16.7 Å². The second-order valence-electron chi connectivity index (χ2n) is 7.53. The first-order valence-electron chi connectivity index (χ1n) is 9.75. The first-order chi connectivity index (χ1) is 13.5. The van der Waals surface area contributed by atoms with Crippen LogP contribution in [0.25, 0.3) is 10.9 Å². The van der Waals surface area contributed by atoms with E-state index in [0.717, 1.165) is 46.5 Å². The van der Waals surface area contributed by atoms with E-state index in [4.69, 9.17) is 0 Å². The van der Waals surface area contributed by atoms with Gasteiger partial charge in [0.2, 0.25) is 0 Å². The third kappa shape index (κ3) is 3.52. The Balaban J connectivity index is 1.45. The molecule has 1 aromatic heterocycles. The number of rotatable bonds is 2. The van der Waals surface area contributed by atoms with Crippen molar-refractivity contribution >= 4 is 28.3 Å². The summed E-state index contributed by atoms with van der Waals surface area (Å²) in [5.74, 6) is 0. The van der Waals surface area contributed by atoms with Crippen LogP contribution in [-0.4, -0.2) is 42.1 Å². The van der Waals surface area contributed by atoms with E-state index in [1.807, 2.05) is 31.0 Å². The van der Waals surface area contributed by atoms with E-state index in [-0.39, 0.29) is 6.03 Å². The lowest BCUT2D eigenvalue weighted by molar-refractivity contribution is 0.208. The molecular formula is C23H26N4O. The van der Waals surface area contributed by atoms with Gasteiger partial charge in [0, 0.05) is 43.4 Å². The molecule has 1 fully saturated rings. The van der Waals surface area contributed by atoms with Crippen LogP contribution in [0.5, 0.6) is 0 Å². The van der Waals surface area contributed by atoms with Crippen LogP contribution < -0.4 is 10.2 Å². The van der Waals surface area contributed by atoms with E-state index in [0.29, 0.717) is 13.1 Å². The summed E-state index contributed by atoms with van der Waals surface area (Å²) in [6, 6.07) is 14.5. The van der Waals surface area contributed by atoms with Crippen molar-refractivity contribution < 1.29 is 4.79 Å². The highest BCUT2D eigenvalue weighted by molar-refractivity contribution is 5.92. The molecule has 1 N–H and O–H groups in total. The standard InChI is InChI=1S/C23H26N4O/c1-16-14-17(2)21(18(3)15-16)25-23(28)27-12-10-26(11-13-27)20-8-4-6-19-7-5-9-24-22(19)20/h4-9,14-15H,10-13H2,1-3H3,(H,25,28). The Morgan fingerprint density at radius 2 is 1.64 bits per heavy atom. The SMILES string of the molecule is Cc1cc(C)c(NC(=O)N2CCN(c3cccc4cccnc34)CC2)c(C)c1. The number of carbonyl (C=O) groups is 1. The molecule has 144 valence electrons. The van der Waals surface area contributed by atoms with Crippen molar-refractivity contribution in [2.24, 2.45) is 0 Å². The number of nitrogens with one attached hydrogen (secondary N) is 1. The van der Waals surface area contributed by atoms with Gasteiger partial charge in [-0.25, -0.2) is 4.79 Å². The third-order valence-electron chi connectivity index (χ3n) is 5.43. The highest BCUT2D eigenvalue weighted by Gasteiger charge is 2.23. The van der Waals surface area contributed by atoms with Gasteiger partial charge in [0.25, 0.3) is 0 Å². The Labute approximate surface area is 166 Å². The fraction of sp³-hybridized carbons (Fsp3) is 0.304. The van der Waals surface area contributed by atoms with E-state index in [2.05, 4.69) is 58.5 Å². The molecule has 0 bridgehead atoms. The molecule has 2 heterocycles.